The molecule has 0 radical (unpaired) electrons. The summed E-state index contributed by atoms with van der Waals surface area (Å²) in [5, 5.41) is 0.600. The highest BCUT2D eigenvalue weighted by Crippen LogP contribution is 2.37. The van der Waals surface area contributed by atoms with Crippen LogP contribution in [0.2, 0.25) is 10.0 Å². The Morgan fingerprint density at radius 2 is 1.65 bits per heavy atom. The summed E-state index contributed by atoms with van der Waals surface area (Å²) in [7, 11) is -1.01. The number of ether oxygens (including phenoxy) is 2. The summed E-state index contributed by atoms with van der Waals surface area (Å²) in [5.41, 5.74) is 0.220. The molecular weight excluding hydrogens is 429 g/mol. The third kappa shape index (κ3) is 4.03. The highest BCUT2D eigenvalue weighted by molar-refractivity contribution is 9.10. The lowest BCUT2D eigenvalue weighted by Crippen LogP contribution is -2.14. The van der Waals surface area contributed by atoms with Crippen molar-refractivity contribution in [2.45, 2.75) is 4.90 Å². The van der Waals surface area contributed by atoms with Crippen LogP contribution in [-0.2, 0) is 10.0 Å². The predicted octanol–water partition coefficient (Wildman–Crippen LogP) is 4.57. The van der Waals surface area contributed by atoms with Gasteiger partial charge in [-0.3, -0.25) is 4.72 Å². The van der Waals surface area contributed by atoms with Crippen LogP contribution in [0, 0.1) is 0 Å². The maximum atomic E-state index is 12.6. The van der Waals surface area contributed by atoms with Gasteiger partial charge >= 0.3 is 0 Å². The predicted molar refractivity (Wildman–Crippen MR) is 94.5 cm³/mol. The molecule has 2 aromatic rings. The van der Waals surface area contributed by atoms with Gasteiger partial charge in [-0.15, -0.1) is 0 Å². The van der Waals surface area contributed by atoms with Crippen molar-refractivity contribution in [1.29, 1.82) is 0 Å². The lowest BCUT2D eigenvalue weighted by molar-refractivity contribution is 0.353. The van der Waals surface area contributed by atoms with Gasteiger partial charge in [0, 0.05) is 15.6 Å². The molecule has 0 aliphatic heterocycles. The fourth-order valence-electron chi connectivity index (χ4n) is 1.81. The number of nitrogens with one attached hydrogen (secondary N) is 1. The number of hydrogen-bond donors (Lipinski definition) is 1. The van der Waals surface area contributed by atoms with Crippen molar-refractivity contribution in [1.82, 2.24) is 0 Å². The Balaban J connectivity index is 2.47. The van der Waals surface area contributed by atoms with Gasteiger partial charge in [0.1, 0.15) is 4.90 Å². The molecule has 9 heteroatoms. The molecule has 23 heavy (non-hydrogen) atoms. The van der Waals surface area contributed by atoms with Gasteiger partial charge < -0.3 is 9.47 Å². The van der Waals surface area contributed by atoms with Crippen molar-refractivity contribution in [3.8, 4) is 11.5 Å². The van der Waals surface area contributed by atoms with Crippen molar-refractivity contribution in [3.05, 3.63) is 44.8 Å². The molecule has 0 aliphatic rings. The second-order valence-electron chi connectivity index (χ2n) is 4.37. The minimum Gasteiger partial charge on any atom is -0.493 e. The van der Waals surface area contributed by atoms with Crippen LogP contribution in [0.25, 0.3) is 0 Å². The summed E-state index contributed by atoms with van der Waals surface area (Å²) >= 11 is 15.0. The molecule has 124 valence electrons. The number of rotatable bonds is 5. The Hall–Kier alpha value is -1.15. The standard InChI is InChI=1S/C14H12BrCl2NO4S/c1-21-12-6-9(15)14(7-13(12)22-2)23(19,20)18-11-4-3-8(16)5-10(11)17/h3-7,18H,1-2H3. The molecule has 0 spiro atoms. The molecule has 0 fully saturated rings. The Labute approximate surface area is 152 Å². The van der Waals surface area contributed by atoms with Crippen molar-refractivity contribution >= 4 is 54.8 Å². The van der Waals surface area contributed by atoms with Crippen LogP contribution in [0.15, 0.2) is 39.7 Å². The van der Waals surface area contributed by atoms with E-state index in [9.17, 15) is 8.42 Å². The van der Waals surface area contributed by atoms with E-state index in [4.69, 9.17) is 32.7 Å². The van der Waals surface area contributed by atoms with Crippen LogP contribution in [-0.4, -0.2) is 22.6 Å². The summed E-state index contributed by atoms with van der Waals surface area (Å²) in [6.07, 6.45) is 0. The molecule has 0 heterocycles. The van der Waals surface area contributed by atoms with Crippen molar-refractivity contribution in [3.63, 3.8) is 0 Å². The van der Waals surface area contributed by atoms with Gasteiger partial charge in [-0.25, -0.2) is 8.42 Å². The number of methoxy groups -OCH3 is 2. The van der Waals surface area contributed by atoms with Crippen molar-refractivity contribution < 1.29 is 17.9 Å². The molecule has 0 aliphatic carbocycles. The summed E-state index contributed by atoms with van der Waals surface area (Å²) in [4.78, 5) is -0.0128. The van der Waals surface area contributed by atoms with E-state index < -0.39 is 10.0 Å². The molecule has 0 amide bonds. The monoisotopic (exact) mass is 439 g/mol. The number of anilines is 1. The summed E-state index contributed by atoms with van der Waals surface area (Å²) in [5.74, 6) is 0.695. The normalized spacial score (nSPS) is 11.2. The smallest absolute Gasteiger partial charge is 0.263 e. The Morgan fingerprint density at radius 3 is 2.22 bits per heavy atom. The van der Waals surface area contributed by atoms with Crippen LogP contribution >= 0.6 is 39.1 Å². The third-order valence-electron chi connectivity index (χ3n) is 2.90. The van der Waals surface area contributed by atoms with Gasteiger partial charge in [-0.2, -0.15) is 0 Å². The minimum absolute atomic E-state index is 0.0128. The van der Waals surface area contributed by atoms with E-state index in [1.165, 1.54) is 44.6 Å². The van der Waals surface area contributed by atoms with E-state index in [1.807, 2.05) is 0 Å². The van der Waals surface area contributed by atoms with E-state index in [2.05, 4.69) is 20.7 Å². The molecule has 0 saturated carbocycles. The van der Waals surface area contributed by atoms with Gasteiger partial charge in [0.05, 0.1) is 24.9 Å². The average molecular weight is 441 g/mol. The van der Waals surface area contributed by atoms with Gasteiger partial charge in [-0.1, -0.05) is 23.2 Å². The average Bonchev–Trinajstić information content (AvgIpc) is 2.49. The van der Waals surface area contributed by atoms with Crippen molar-refractivity contribution in [2.75, 3.05) is 18.9 Å². The highest BCUT2D eigenvalue weighted by Gasteiger charge is 2.22. The lowest BCUT2D eigenvalue weighted by atomic mass is 10.3. The molecule has 0 saturated heterocycles. The largest absolute Gasteiger partial charge is 0.493 e. The first-order valence-electron chi connectivity index (χ1n) is 6.18. The maximum absolute atomic E-state index is 12.6. The van der Waals surface area contributed by atoms with Crippen LogP contribution in [0.4, 0.5) is 5.69 Å². The second-order valence-corrected chi connectivity index (χ2v) is 7.72. The van der Waals surface area contributed by atoms with Gasteiger partial charge in [0.15, 0.2) is 11.5 Å². The quantitative estimate of drug-likeness (QED) is 0.739. The first-order chi connectivity index (χ1) is 10.8. The van der Waals surface area contributed by atoms with Crippen LogP contribution in [0.1, 0.15) is 0 Å². The SMILES string of the molecule is COc1cc(Br)c(S(=O)(=O)Nc2ccc(Cl)cc2Cl)cc1OC. The Morgan fingerprint density at radius 1 is 1.04 bits per heavy atom. The fraction of sp³-hybridized carbons (Fsp3) is 0.143. The molecule has 0 unspecified atom stereocenters. The highest BCUT2D eigenvalue weighted by atomic mass is 79.9. The van der Waals surface area contributed by atoms with Crippen LogP contribution < -0.4 is 14.2 Å². The second kappa shape index (κ2) is 7.17. The molecule has 0 aromatic heterocycles. The zero-order valence-electron chi connectivity index (χ0n) is 12.1. The topological polar surface area (TPSA) is 64.6 Å². The van der Waals surface area contributed by atoms with Crippen LogP contribution in [0.3, 0.4) is 0 Å². The van der Waals surface area contributed by atoms with Gasteiger partial charge in [0.2, 0.25) is 0 Å². The van der Waals surface area contributed by atoms with E-state index in [-0.39, 0.29) is 15.6 Å². The van der Waals surface area contributed by atoms with Gasteiger partial charge in [-0.05, 0) is 40.2 Å². The number of sulfonamides is 1. The minimum atomic E-state index is -3.90. The number of halogens is 3. The lowest BCUT2D eigenvalue weighted by Gasteiger charge is -2.14. The third-order valence-corrected chi connectivity index (χ3v) is 5.77. The van der Waals surface area contributed by atoms with Gasteiger partial charge in [0.25, 0.3) is 10.0 Å². The zero-order valence-corrected chi connectivity index (χ0v) is 16.0. The van der Waals surface area contributed by atoms with E-state index >= 15 is 0 Å². The molecular formula is C14H12BrCl2NO4S. The maximum Gasteiger partial charge on any atom is 0.263 e. The van der Waals surface area contributed by atoms with E-state index in [0.717, 1.165) is 0 Å². The molecule has 5 nitrogen and oxygen atoms in total. The van der Waals surface area contributed by atoms with E-state index in [1.54, 1.807) is 0 Å². The van der Waals surface area contributed by atoms with E-state index in [0.29, 0.717) is 21.0 Å². The van der Waals surface area contributed by atoms with Crippen molar-refractivity contribution in [2.24, 2.45) is 0 Å². The molecule has 0 bridgehead atoms. The summed E-state index contributed by atoms with van der Waals surface area (Å²) in [6.45, 7) is 0. The molecule has 2 rings (SSSR count). The number of hydrogen-bond acceptors (Lipinski definition) is 4. The Bertz CT molecular complexity index is 843. The molecule has 1 N–H and O–H groups in total. The summed E-state index contributed by atoms with van der Waals surface area (Å²) in [6, 6.07) is 7.34. The first kappa shape index (κ1) is 18.2. The first-order valence-corrected chi connectivity index (χ1v) is 9.21. The fourth-order valence-corrected chi connectivity index (χ4v) is 4.44. The molecule has 0 atom stereocenters. The Kier molecular flexibility index (Phi) is 5.67. The van der Waals surface area contributed by atoms with Crippen LogP contribution in [0.5, 0.6) is 11.5 Å². The summed E-state index contributed by atoms with van der Waals surface area (Å²) < 4.78 is 38.2. The number of benzene rings is 2. The zero-order chi connectivity index (χ0) is 17.2. The molecule has 2 aromatic carbocycles.